The van der Waals surface area contributed by atoms with Gasteiger partial charge in [0.05, 0.1) is 19.4 Å². The number of thiophene rings is 1. The summed E-state index contributed by atoms with van der Waals surface area (Å²) in [5.41, 5.74) is 1.36. The van der Waals surface area contributed by atoms with Crippen molar-refractivity contribution in [1.29, 1.82) is 0 Å². The lowest BCUT2D eigenvalue weighted by molar-refractivity contribution is -0.141. The molecule has 0 saturated carbocycles. The van der Waals surface area contributed by atoms with Crippen molar-refractivity contribution >= 4 is 29.1 Å². The molecule has 0 bridgehead atoms. The molecule has 2 aromatic heterocycles. The van der Waals surface area contributed by atoms with Crippen LogP contribution in [0.5, 0.6) is 0 Å². The van der Waals surface area contributed by atoms with Gasteiger partial charge in [-0.25, -0.2) is 0 Å². The van der Waals surface area contributed by atoms with Crippen molar-refractivity contribution in [2.45, 2.75) is 58.7 Å². The highest BCUT2D eigenvalue weighted by atomic mass is 32.1. The molecule has 2 heterocycles. The molecule has 0 aliphatic heterocycles. The second-order valence-corrected chi connectivity index (χ2v) is 10.8. The van der Waals surface area contributed by atoms with E-state index < -0.39 is 17.5 Å². The minimum atomic E-state index is -0.870. The first-order chi connectivity index (χ1) is 16.5. The van der Waals surface area contributed by atoms with Gasteiger partial charge in [0.25, 0.3) is 5.91 Å². The Morgan fingerprint density at radius 3 is 2.23 bits per heavy atom. The predicted molar refractivity (Wildman–Crippen MR) is 137 cm³/mol. The van der Waals surface area contributed by atoms with Crippen LogP contribution >= 0.6 is 11.3 Å². The third-order valence-corrected chi connectivity index (χ3v) is 6.21. The third-order valence-electron chi connectivity index (χ3n) is 5.35. The first kappa shape index (κ1) is 26.2. The number of amides is 3. The molecule has 1 aromatic carbocycles. The van der Waals surface area contributed by atoms with E-state index in [1.807, 2.05) is 62.5 Å². The van der Waals surface area contributed by atoms with Gasteiger partial charge in [-0.2, -0.15) is 0 Å². The molecule has 2 N–H and O–H groups in total. The number of hydrogen-bond acceptors (Lipinski definition) is 5. The highest BCUT2D eigenvalue weighted by molar-refractivity contribution is 7.09. The zero-order valence-corrected chi connectivity index (χ0v) is 21.6. The fraction of sp³-hybridized carbons (Fsp3) is 0.370. The van der Waals surface area contributed by atoms with Crippen molar-refractivity contribution in [3.8, 4) is 0 Å². The molecular formula is C27H33N3O4S. The van der Waals surface area contributed by atoms with E-state index >= 15 is 0 Å². The highest BCUT2D eigenvalue weighted by Crippen LogP contribution is 2.27. The molecule has 35 heavy (non-hydrogen) atoms. The second-order valence-electron chi connectivity index (χ2n) is 9.72. The molecule has 3 aromatic rings. The molecule has 0 fully saturated rings. The van der Waals surface area contributed by atoms with Gasteiger partial charge in [0.2, 0.25) is 11.8 Å². The van der Waals surface area contributed by atoms with Crippen LogP contribution in [0.1, 0.15) is 73.1 Å². The number of benzene rings is 1. The summed E-state index contributed by atoms with van der Waals surface area (Å²) in [6.07, 6.45) is 1.40. The maximum atomic E-state index is 13.6. The Hall–Kier alpha value is -3.39. The summed E-state index contributed by atoms with van der Waals surface area (Å²) in [6, 6.07) is 13.9. The zero-order chi connectivity index (χ0) is 25.6. The van der Waals surface area contributed by atoms with Crippen LogP contribution in [0, 0.1) is 0 Å². The number of nitrogens with zero attached hydrogens (tertiary/aromatic N) is 1. The lowest BCUT2D eigenvalue weighted by Gasteiger charge is -2.33. The largest absolute Gasteiger partial charge is 0.459 e. The van der Waals surface area contributed by atoms with Crippen LogP contribution < -0.4 is 10.6 Å². The molecule has 7 nitrogen and oxygen atoms in total. The Morgan fingerprint density at radius 1 is 1.00 bits per heavy atom. The maximum absolute atomic E-state index is 13.6. The highest BCUT2D eigenvalue weighted by Gasteiger charge is 2.33. The van der Waals surface area contributed by atoms with Crippen molar-refractivity contribution in [1.82, 2.24) is 15.5 Å². The number of nitrogens with one attached hydrogen (secondary N) is 2. The molecule has 3 rings (SSSR count). The minimum absolute atomic E-state index is 0.119. The Bertz CT molecular complexity index is 1110. The van der Waals surface area contributed by atoms with Crippen molar-refractivity contribution in [2.75, 3.05) is 6.54 Å². The normalized spacial score (nSPS) is 12.3. The molecule has 0 radical (unpaired) electrons. The fourth-order valence-corrected chi connectivity index (χ4v) is 4.32. The van der Waals surface area contributed by atoms with Crippen LogP contribution in [-0.4, -0.2) is 34.7 Å². The lowest BCUT2D eigenvalue weighted by atomic mass is 9.97. The molecular weight excluding hydrogens is 462 g/mol. The maximum Gasteiger partial charge on any atom is 0.287 e. The predicted octanol–water partition coefficient (Wildman–Crippen LogP) is 4.88. The third kappa shape index (κ3) is 7.29. The van der Waals surface area contributed by atoms with E-state index in [-0.39, 0.29) is 30.7 Å². The van der Waals surface area contributed by atoms with E-state index in [4.69, 9.17) is 4.42 Å². The Labute approximate surface area is 210 Å². The van der Waals surface area contributed by atoms with E-state index in [0.717, 1.165) is 10.4 Å². The topological polar surface area (TPSA) is 91.7 Å². The first-order valence-corrected chi connectivity index (χ1v) is 12.5. The summed E-state index contributed by atoms with van der Waals surface area (Å²) in [7, 11) is 0. The minimum Gasteiger partial charge on any atom is -0.459 e. The number of rotatable bonds is 9. The molecule has 0 unspecified atom stereocenters. The average molecular weight is 496 g/mol. The van der Waals surface area contributed by atoms with Gasteiger partial charge < -0.3 is 20.0 Å². The SMILES string of the molecule is CC(C)c1ccc([C@@H](C(=O)NC(C)(C)C)N(Cc2cccs2)C(=O)CNC(=O)c2ccco2)cc1. The Balaban J connectivity index is 1.94. The van der Waals surface area contributed by atoms with E-state index in [2.05, 4.69) is 24.5 Å². The Kier molecular flexibility index (Phi) is 8.51. The summed E-state index contributed by atoms with van der Waals surface area (Å²) in [5.74, 6) is -0.686. The van der Waals surface area contributed by atoms with Crippen LogP contribution in [0.4, 0.5) is 0 Å². The van der Waals surface area contributed by atoms with Gasteiger partial charge in [0.15, 0.2) is 5.76 Å². The summed E-state index contributed by atoms with van der Waals surface area (Å²) in [5, 5.41) is 7.56. The van der Waals surface area contributed by atoms with E-state index in [0.29, 0.717) is 11.5 Å². The summed E-state index contributed by atoms with van der Waals surface area (Å²) >= 11 is 1.51. The van der Waals surface area contributed by atoms with E-state index in [1.54, 1.807) is 6.07 Å². The Morgan fingerprint density at radius 2 is 1.69 bits per heavy atom. The molecule has 0 saturated heterocycles. The van der Waals surface area contributed by atoms with E-state index in [9.17, 15) is 14.4 Å². The summed E-state index contributed by atoms with van der Waals surface area (Å²) in [4.78, 5) is 41.9. The van der Waals surface area contributed by atoms with Crippen molar-refractivity contribution in [3.63, 3.8) is 0 Å². The van der Waals surface area contributed by atoms with Crippen LogP contribution in [-0.2, 0) is 16.1 Å². The van der Waals surface area contributed by atoms with Gasteiger partial charge >= 0.3 is 0 Å². The number of furan rings is 1. The molecule has 0 aliphatic rings. The quantitative estimate of drug-likeness (QED) is 0.443. The molecule has 0 spiro atoms. The molecule has 0 aliphatic carbocycles. The first-order valence-electron chi connectivity index (χ1n) is 11.6. The lowest BCUT2D eigenvalue weighted by Crippen LogP contribution is -2.50. The van der Waals surface area contributed by atoms with Gasteiger partial charge in [-0.1, -0.05) is 44.2 Å². The molecule has 1 atom stereocenters. The van der Waals surface area contributed by atoms with Gasteiger partial charge in [-0.3, -0.25) is 14.4 Å². The monoisotopic (exact) mass is 495 g/mol. The second kappa shape index (κ2) is 11.4. The van der Waals surface area contributed by atoms with Crippen molar-refractivity contribution in [3.05, 3.63) is 81.9 Å². The van der Waals surface area contributed by atoms with Gasteiger partial charge in [-0.15, -0.1) is 11.3 Å². The van der Waals surface area contributed by atoms with Gasteiger partial charge in [0, 0.05) is 10.4 Å². The van der Waals surface area contributed by atoms with Crippen LogP contribution in [0.25, 0.3) is 0 Å². The number of carbonyl (C=O) groups excluding carboxylic acids is 3. The average Bonchev–Trinajstić information content (AvgIpc) is 3.50. The number of hydrogen-bond donors (Lipinski definition) is 2. The van der Waals surface area contributed by atoms with Crippen LogP contribution in [0.15, 0.2) is 64.6 Å². The van der Waals surface area contributed by atoms with Crippen LogP contribution in [0.3, 0.4) is 0 Å². The fourth-order valence-electron chi connectivity index (χ4n) is 3.62. The van der Waals surface area contributed by atoms with Gasteiger partial charge in [0.1, 0.15) is 6.04 Å². The standard InChI is InChI=1S/C27H33N3O4S/c1-18(2)19-10-12-20(13-11-19)24(26(33)29-27(3,4)5)30(17-21-8-7-15-35-21)23(31)16-28-25(32)22-9-6-14-34-22/h6-15,18,24H,16-17H2,1-5H3,(H,28,32)(H,29,33)/t24-/m0/s1. The zero-order valence-electron chi connectivity index (χ0n) is 20.8. The number of carbonyl (C=O) groups is 3. The van der Waals surface area contributed by atoms with Crippen LogP contribution in [0.2, 0.25) is 0 Å². The van der Waals surface area contributed by atoms with Crippen molar-refractivity contribution < 1.29 is 18.8 Å². The summed E-state index contributed by atoms with van der Waals surface area (Å²) < 4.78 is 5.11. The van der Waals surface area contributed by atoms with Gasteiger partial charge in [-0.05, 0) is 61.4 Å². The van der Waals surface area contributed by atoms with Crippen molar-refractivity contribution in [2.24, 2.45) is 0 Å². The molecule has 3 amide bonds. The molecule has 186 valence electrons. The smallest absolute Gasteiger partial charge is 0.287 e. The summed E-state index contributed by atoms with van der Waals surface area (Å²) in [6.45, 7) is 9.88. The molecule has 8 heteroatoms. The van der Waals surface area contributed by atoms with E-state index in [1.165, 1.54) is 28.6 Å².